The molecule has 130 valence electrons. The van der Waals surface area contributed by atoms with Crippen LogP contribution in [0.2, 0.25) is 0 Å². The van der Waals surface area contributed by atoms with Gasteiger partial charge in [0.25, 0.3) is 0 Å². The highest BCUT2D eigenvalue weighted by atomic mass is 16.5. The summed E-state index contributed by atoms with van der Waals surface area (Å²) in [7, 11) is 1.54. The van der Waals surface area contributed by atoms with Crippen LogP contribution in [0.4, 0.5) is 5.69 Å². The molecule has 1 aromatic carbocycles. The number of methoxy groups -OCH3 is 1. The third-order valence-corrected chi connectivity index (χ3v) is 5.44. The second-order valence-corrected chi connectivity index (χ2v) is 6.56. The average Bonchev–Trinajstić information content (AvgIpc) is 3.24. The van der Waals surface area contributed by atoms with Crippen molar-refractivity contribution < 1.29 is 24.2 Å². The minimum atomic E-state index is -1.01. The van der Waals surface area contributed by atoms with Gasteiger partial charge in [0.2, 0.25) is 5.91 Å². The lowest BCUT2D eigenvalue weighted by Crippen LogP contribution is -2.45. The third-order valence-electron chi connectivity index (χ3n) is 5.44. The molecule has 0 radical (unpaired) electrons. The zero-order valence-electron chi connectivity index (χ0n) is 13.8. The van der Waals surface area contributed by atoms with Gasteiger partial charge in [-0.1, -0.05) is 30.4 Å². The van der Waals surface area contributed by atoms with Crippen molar-refractivity contribution in [1.82, 2.24) is 0 Å². The summed E-state index contributed by atoms with van der Waals surface area (Å²) >= 11 is 0. The number of ether oxygens (including phenoxy) is 2. The summed E-state index contributed by atoms with van der Waals surface area (Å²) in [5.74, 6) is -2.30. The maximum atomic E-state index is 13.3. The van der Waals surface area contributed by atoms with Gasteiger partial charge in [0, 0.05) is 0 Å². The average molecular weight is 341 g/mol. The number of nitrogens with zero attached hydrogens (tertiary/aromatic N) is 1. The molecule has 1 amide bonds. The number of fused-ring (bicyclic) bond motifs is 1. The Morgan fingerprint density at radius 3 is 2.92 bits per heavy atom. The van der Waals surface area contributed by atoms with Crippen molar-refractivity contribution >= 4 is 17.6 Å². The molecule has 1 N–H and O–H groups in total. The number of hydrogen-bond acceptors (Lipinski definition) is 4. The highest BCUT2D eigenvalue weighted by molar-refractivity contribution is 6.04. The molecule has 3 aliphatic heterocycles. The lowest BCUT2D eigenvalue weighted by molar-refractivity contribution is -0.146. The molecule has 0 aliphatic carbocycles. The van der Waals surface area contributed by atoms with Gasteiger partial charge in [-0.2, -0.15) is 0 Å². The molecule has 3 heterocycles. The number of para-hydroxylation sites is 2. The van der Waals surface area contributed by atoms with Crippen molar-refractivity contribution in [3.63, 3.8) is 0 Å². The molecule has 6 nitrogen and oxygen atoms in total. The number of carbonyl (C=O) groups is 2. The Bertz CT molecular complexity index is 788. The number of anilines is 1. The van der Waals surface area contributed by atoms with Gasteiger partial charge in [0.15, 0.2) is 0 Å². The molecule has 0 unspecified atom stereocenters. The molecule has 3 aliphatic rings. The molecule has 0 aromatic heterocycles. The normalized spacial score (nSPS) is 35.1. The summed E-state index contributed by atoms with van der Waals surface area (Å²) < 4.78 is 11.5. The molecule has 2 bridgehead atoms. The molecule has 2 fully saturated rings. The topological polar surface area (TPSA) is 76.1 Å². The molecule has 25 heavy (non-hydrogen) atoms. The van der Waals surface area contributed by atoms with Crippen LogP contribution < -0.4 is 9.64 Å². The fourth-order valence-electron chi connectivity index (χ4n) is 4.49. The molecule has 5 atom stereocenters. The van der Waals surface area contributed by atoms with Crippen molar-refractivity contribution in [2.75, 3.05) is 12.0 Å². The van der Waals surface area contributed by atoms with Crippen molar-refractivity contribution in [3.05, 3.63) is 49.1 Å². The van der Waals surface area contributed by atoms with Crippen LogP contribution in [-0.2, 0) is 14.3 Å². The summed E-state index contributed by atoms with van der Waals surface area (Å²) in [4.78, 5) is 26.7. The zero-order valence-corrected chi connectivity index (χ0v) is 13.8. The van der Waals surface area contributed by atoms with Crippen molar-refractivity contribution in [2.45, 2.75) is 24.2 Å². The Kier molecular flexibility index (Phi) is 3.47. The van der Waals surface area contributed by atoms with E-state index in [1.165, 1.54) is 0 Å². The van der Waals surface area contributed by atoms with Crippen molar-refractivity contribution in [1.29, 1.82) is 0 Å². The van der Waals surface area contributed by atoms with Crippen LogP contribution >= 0.6 is 0 Å². The number of hydrogen-bond donors (Lipinski definition) is 1. The lowest BCUT2D eigenvalue weighted by atomic mass is 9.74. The third kappa shape index (κ3) is 1.94. The first kappa shape index (κ1) is 15.9. The Morgan fingerprint density at radius 2 is 2.24 bits per heavy atom. The van der Waals surface area contributed by atoms with E-state index < -0.39 is 29.5 Å². The fourth-order valence-corrected chi connectivity index (χ4v) is 4.49. The van der Waals surface area contributed by atoms with Crippen LogP contribution in [0.25, 0.3) is 0 Å². The summed E-state index contributed by atoms with van der Waals surface area (Å²) in [6.45, 7) is 3.80. The fraction of sp³-hybridized carbons (Fsp3) is 0.368. The highest BCUT2D eigenvalue weighted by Gasteiger charge is 2.71. The first-order valence-corrected chi connectivity index (χ1v) is 8.22. The molecule has 1 aromatic rings. The monoisotopic (exact) mass is 341 g/mol. The molecule has 2 saturated heterocycles. The van der Waals surface area contributed by atoms with Gasteiger partial charge in [-0.15, -0.1) is 6.58 Å². The smallest absolute Gasteiger partial charge is 0.310 e. The first-order valence-electron chi connectivity index (χ1n) is 8.22. The molecule has 6 heteroatoms. The number of rotatable bonds is 5. The van der Waals surface area contributed by atoms with Gasteiger partial charge < -0.3 is 19.5 Å². The SMILES string of the molecule is C=CC[C@@H]1N(c2ccccc2OC)C(=O)[C@H]2[C@@H](C(=O)O)[C@@H]3C=C[C@@]12O3. The van der Waals surface area contributed by atoms with Crippen LogP contribution in [-0.4, -0.2) is 41.8 Å². The summed E-state index contributed by atoms with van der Waals surface area (Å²) in [6, 6.07) is 6.87. The van der Waals surface area contributed by atoms with E-state index >= 15 is 0 Å². The number of benzene rings is 1. The van der Waals surface area contributed by atoms with Gasteiger partial charge in [0.1, 0.15) is 17.3 Å². The van der Waals surface area contributed by atoms with E-state index in [1.807, 2.05) is 18.2 Å². The number of carboxylic acids is 1. The molecular formula is C19H19NO5. The van der Waals surface area contributed by atoms with Gasteiger partial charge in [-0.3, -0.25) is 9.59 Å². The van der Waals surface area contributed by atoms with Crippen LogP contribution in [0.3, 0.4) is 0 Å². The van der Waals surface area contributed by atoms with E-state index in [0.717, 1.165) is 0 Å². The van der Waals surface area contributed by atoms with Crippen molar-refractivity contribution in [2.24, 2.45) is 11.8 Å². The number of amides is 1. The summed E-state index contributed by atoms with van der Waals surface area (Å²) in [5.41, 5.74) is -0.310. The molecular weight excluding hydrogens is 322 g/mol. The number of carbonyl (C=O) groups excluding carboxylic acids is 1. The Balaban J connectivity index is 1.87. The second-order valence-electron chi connectivity index (χ2n) is 6.56. The summed E-state index contributed by atoms with van der Waals surface area (Å²) in [6.07, 6.45) is 5.30. The maximum Gasteiger partial charge on any atom is 0.310 e. The minimum absolute atomic E-state index is 0.240. The zero-order chi connectivity index (χ0) is 17.8. The highest BCUT2D eigenvalue weighted by Crippen LogP contribution is 2.57. The van der Waals surface area contributed by atoms with Crippen LogP contribution in [0.15, 0.2) is 49.1 Å². The van der Waals surface area contributed by atoms with E-state index in [1.54, 1.807) is 36.3 Å². The van der Waals surface area contributed by atoms with Gasteiger partial charge in [-0.25, -0.2) is 0 Å². The van der Waals surface area contributed by atoms with Crippen molar-refractivity contribution in [3.8, 4) is 5.75 Å². The Hall–Kier alpha value is -2.60. The maximum absolute atomic E-state index is 13.3. The second kappa shape index (κ2) is 5.46. The van der Waals surface area contributed by atoms with E-state index in [4.69, 9.17) is 9.47 Å². The van der Waals surface area contributed by atoms with E-state index in [0.29, 0.717) is 17.9 Å². The minimum Gasteiger partial charge on any atom is -0.495 e. The predicted molar refractivity (Wildman–Crippen MR) is 90.4 cm³/mol. The van der Waals surface area contributed by atoms with E-state index in [9.17, 15) is 14.7 Å². The molecule has 1 spiro atoms. The van der Waals surface area contributed by atoms with Gasteiger partial charge in [-0.05, 0) is 18.6 Å². The number of aliphatic carboxylic acids is 1. The van der Waals surface area contributed by atoms with Crippen LogP contribution in [0.1, 0.15) is 6.42 Å². The van der Waals surface area contributed by atoms with Crippen LogP contribution in [0.5, 0.6) is 5.75 Å². The predicted octanol–water partition coefficient (Wildman–Crippen LogP) is 2.01. The van der Waals surface area contributed by atoms with E-state index in [-0.39, 0.29) is 11.9 Å². The quantitative estimate of drug-likeness (QED) is 0.829. The van der Waals surface area contributed by atoms with E-state index in [2.05, 4.69) is 6.58 Å². The van der Waals surface area contributed by atoms with Gasteiger partial charge in [0.05, 0.1) is 30.9 Å². The largest absolute Gasteiger partial charge is 0.495 e. The standard InChI is InChI=1S/C19H19NO5/c1-3-6-14-19-10-9-13(25-19)15(18(22)23)16(19)17(21)20(14)11-7-4-5-8-12(11)24-2/h3-5,7-10,13-16H,1,6H2,2H3,(H,22,23)/t13-,14-,15-,16+,19+/m0/s1. The first-order chi connectivity index (χ1) is 12.0. The van der Waals surface area contributed by atoms with Gasteiger partial charge >= 0.3 is 5.97 Å². The van der Waals surface area contributed by atoms with Crippen LogP contribution in [0, 0.1) is 11.8 Å². The Morgan fingerprint density at radius 1 is 1.48 bits per heavy atom. The number of carboxylic acid groups (broad SMARTS) is 1. The lowest BCUT2D eigenvalue weighted by Gasteiger charge is -2.33. The summed E-state index contributed by atoms with van der Waals surface area (Å²) in [5, 5.41) is 9.64. The molecule has 0 saturated carbocycles. The Labute approximate surface area is 145 Å². The molecule has 4 rings (SSSR count).